The number of nitrogens with one attached hydrogen (secondary N) is 1. The molecule has 1 N–H and O–H groups in total. The zero-order valence-electron chi connectivity index (χ0n) is 19.1. The second-order valence-corrected chi connectivity index (χ2v) is 7.35. The molecule has 0 saturated carbocycles. The number of methoxy groups -OCH3 is 3. The highest BCUT2D eigenvalue weighted by Gasteiger charge is 2.20. The third-order valence-corrected chi connectivity index (χ3v) is 5.10. The molecule has 9 nitrogen and oxygen atoms in total. The molecule has 0 atom stereocenters. The fraction of sp³-hybridized carbons (Fsp3) is 0.200. The molecular weight excluding hydrogens is 438 g/mol. The van der Waals surface area contributed by atoms with Gasteiger partial charge in [-0.05, 0) is 24.3 Å². The van der Waals surface area contributed by atoms with E-state index >= 15 is 0 Å². The van der Waals surface area contributed by atoms with E-state index in [-0.39, 0.29) is 19.1 Å². The molecule has 2 heterocycles. The van der Waals surface area contributed by atoms with Gasteiger partial charge in [-0.1, -0.05) is 17.3 Å². The first-order valence-corrected chi connectivity index (χ1v) is 10.5. The van der Waals surface area contributed by atoms with E-state index in [0.717, 1.165) is 5.56 Å². The minimum atomic E-state index is -0.353. The fourth-order valence-corrected chi connectivity index (χ4v) is 3.43. The largest absolute Gasteiger partial charge is 0.497 e. The summed E-state index contributed by atoms with van der Waals surface area (Å²) in [6.45, 7) is 0.420. The third kappa shape index (κ3) is 5.32. The monoisotopic (exact) mass is 463 g/mol. The van der Waals surface area contributed by atoms with Crippen molar-refractivity contribution in [2.75, 3.05) is 26.6 Å². The van der Waals surface area contributed by atoms with Gasteiger partial charge in [0.25, 0.3) is 0 Å². The molecule has 2 aromatic carbocycles. The summed E-state index contributed by atoms with van der Waals surface area (Å²) in [7, 11) is 4.69. The van der Waals surface area contributed by atoms with Crippen LogP contribution in [-0.2, 0) is 13.1 Å². The van der Waals surface area contributed by atoms with Crippen molar-refractivity contribution in [3.63, 3.8) is 0 Å². The molecule has 4 rings (SSSR count). The van der Waals surface area contributed by atoms with Gasteiger partial charge in [-0.25, -0.2) is 4.79 Å². The minimum Gasteiger partial charge on any atom is -0.497 e. The standard InChI is InChI=1S/C25H25N3O6/c1-30-20-11-17(12-21(14-20)31-2)26-25(29)28(16-19-7-6-10-33-19)15-18-13-24(34-27-18)22-8-4-5-9-23(22)32-3/h4-14H,15-16H2,1-3H3,(H,26,29). The first-order valence-electron chi connectivity index (χ1n) is 10.5. The Morgan fingerprint density at radius 3 is 2.38 bits per heavy atom. The molecule has 4 aromatic rings. The lowest BCUT2D eigenvalue weighted by molar-refractivity contribution is 0.199. The maximum absolute atomic E-state index is 13.2. The maximum Gasteiger partial charge on any atom is 0.322 e. The molecule has 9 heteroatoms. The molecule has 34 heavy (non-hydrogen) atoms. The van der Waals surface area contributed by atoms with Gasteiger partial charge in [-0.15, -0.1) is 0 Å². The van der Waals surface area contributed by atoms with Crippen molar-refractivity contribution in [3.05, 3.63) is 78.4 Å². The molecule has 176 valence electrons. The van der Waals surface area contributed by atoms with Crippen LogP contribution >= 0.6 is 0 Å². The molecule has 0 spiro atoms. The summed E-state index contributed by atoms with van der Waals surface area (Å²) in [6.07, 6.45) is 1.56. The zero-order chi connectivity index (χ0) is 23.9. The van der Waals surface area contributed by atoms with Crippen LogP contribution in [0.25, 0.3) is 11.3 Å². The van der Waals surface area contributed by atoms with Crippen molar-refractivity contribution in [3.8, 4) is 28.6 Å². The lowest BCUT2D eigenvalue weighted by Gasteiger charge is -2.21. The Balaban J connectivity index is 1.56. The molecule has 0 fully saturated rings. The summed E-state index contributed by atoms with van der Waals surface area (Å²) >= 11 is 0. The van der Waals surface area contributed by atoms with Gasteiger partial charge < -0.3 is 33.4 Å². The van der Waals surface area contributed by atoms with E-state index in [9.17, 15) is 4.79 Å². The van der Waals surface area contributed by atoms with Gasteiger partial charge in [0.15, 0.2) is 5.76 Å². The predicted molar refractivity (Wildman–Crippen MR) is 125 cm³/mol. The van der Waals surface area contributed by atoms with E-state index in [2.05, 4.69) is 10.5 Å². The summed E-state index contributed by atoms with van der Waals surface area (Å²) in [4.78, 5) is 14.8. The van der Waals surface area contributed by atoms with Gasteiger partial charge in [0.1, 0.15) is 28.7 Å². The Hall–Kier alpha value is -4.40. The smallest absolute Gasteiger partial charge is 0.322 e. The average molecular weight is 463 g/mol. The van der Waals surface area contributed by atoms with Crippen molar-refractivity contribution in [2.45, 2.75) is 13.1 Å². The molecule has 0 aliphatic rings. The van der Waals surface area contributed by atoms with Crippen LogP contribution in [0.5, 0.6) is 17.2 Å². The van der Waals surface area contributed by atoms with Crippen LogP contribution in [0.15, 0.2) is 75.9 Å². The number of anilines is 1. The highest BCUT2D eigenvalue weighted by atomic mass is 16.5. The molecule has 0 radical (unpaired) electrons. The number of para-hydroxylation sites is 1. The van der Waals surface area contributed by atoms with Crippen LogP contribution in [0.3, 0.4) is 0 Å². The Bertz CT molecular complexity index is 1210. The van der Waals surface area contributed by atoms with Crippen LogP contribution in [0.1, 0.15) is 11.5 Å². The number of carbonyl (C=O) groups excluding carboxylic acids is 1. The summed E-state index contributed by atoms with van der Waals surface area (Å²) in [5.41, 5.74) is 1.88. The second-order valence-electron chi connectivity index (χ2n) is 7.35. The quantitative estimate of drug-likeness (QED) is 0.364. The van der Waals surface area contributed by atoms with Crippen LogP contribution in [0.4, 0.5) is 10.5 Å². The molecular formula is C25H25N3O6. The molecule has 0 saturated heterocycles. The van der Waals surface area contributed by atoms with Gasteiger partial charge in [-0.2, -0.15) is 0 Å². The number of benzene rings is 2. The number of amides is 2. The lowest BCUT2D eigenvalue weighted by Crippen LogP contribution is -2.34. The molecule has 0 aliphatic heterocycles. The van der Waals surface area contributed by atoms with E-state index in [1.54, 1.807) is 68.9 Å². The fourth-order valence-electron chi connectivity index (χ4n) is 3.43. The Labute approximate surface area is 196 Å². The van der Waals surface area contributed by atoms with Gasteiger partial charge in [-0.3, -0.25) is 0 Å². The third-order valence-electron chi connectivity index (χ3n) is 5.10. The van der Waals surface area contributed by atoms with Crippen LogP contribution in [0, 0.1) is 0 Å². The number of nitrogens with zero attached hydrogens (tertiary/aromatic N) is 2. The number of rotatable bonds is 9. The first kappa shape index (κ1) is 22.8. The van der Waals surface area contributed by atoms with Crippen molar-refractivity contribution in [1.82, 2.24) is 10.1 Å². The minimum absolute atomic E-state index is 0.187. The number of aromatic nitrogens is 1. The number of carbonyl (C=O) groups is 1. The van der Waals surface area contributed by atoms with Gasteiger partial charge in [0, 0.05) is 30.0 Å². The van der Waals surface area contributed by atoms with Crippen molar-refractivity contribution in [2.24, 2.45) is 0 Å². The number of urea groups is 1. The average Bonchev–Trinajstić information content (AvgIpc) is 3.55. The van der Waals surface area contributed by atoms with Crippen molar-refractivity contribution < 1.29 is 27.9 Å². The predicted octanol–water partition coefficient (Wildman–Crippen LogP) is 5.19. The number of furan rings is 1. The number of ether oxygens (including phenoxy) is 3. The molecule has 0 aliphatic carbocycles. The first-order chi connectivity index (χ1) is 16.6. The van der Waals surface area contributed by atoms with Crippen LogP contribution in [-0.4, -0.2) is 37.4 Å². The highest BCUT2D eigenvalue weighted by molar-refractivity contribution is 5.89. The molecule has 0 bridgehead atoms. The Morgan fingerprint density at radius 1 is 0.941 bits per heavy atom. The topological polar surface area (TPSA) is 99.2 Å². The summed E-state index contributed by atoms with van der Waals surface area (Å²) in [5.74, 6) is 2.97. The Morgan fingerprint density at radius 2 is 1.71 bits per heavy atom. The number of hydrogen-bond donors (Lipinski definition) is 1. The second kappa shape index (κ2) is 10.5. The van der Waals surface area contributed by atoms with E-state index < -0.39 is 0 Å². The van der Waals surface area contributed by atoms with E-state index in [1.807, 2.05) is 24.3 Å². The molecule has 2 amide bonds. The van der Waals surface area contributed by atoms with E-state index in [4.69, 9.17) is 23.2 Å². The van der Waals surface area contributed by atoms with Gasteiger partial charge >= 0.3 is 6.03 Å². The molecule has 2 aromatic heterocycles. The SMILES string of the molecule is COc1cc(NC(=O)N(Cc2cc(-c3ccccc3OC)on2)Cc2ccco2)cc(OC)c1. The molecule has 0 unspecified atom stereocenters. The Kier molecular flexibility index (Phi) is 7.02. The maximum atomic E-state index is 13.2. The van der Waals surface area contributed by atoms with Gasteiger partial charge in [0.2, 0.25) is 0 Å². The zero-order valence-corrected chi connectivity index (χ0v) is 19.1. The summed E-state index contributed by atoms with van der Waals surface area (Å²) in [6, 6.07) is 17.6. The van der Waals surface area contributed by atoms with Crippen molar-refractivity contribution in [1.29, 1.82) is 0 Å². The number of hydrogen-bond acceptors (Lipinski definition) is 7. The highest BCUT2D eigenvalue weighted by Crippen LogP contribution is 2.30. The summed E-state index contributed by atoms with van der Waals surface area (Å²) < 4.78 is 27.0. The van der Waals surface area contributed by atoms with Crippen LogP contribution < -0.4 is 19.5 Å². The van der Waals surface area contributed by atoms with E-state index in [1.165, 1.54) is 0 Å². The van der Waals surface area contributed by atoms with E-state index in [0.29, 0.717) is 40.2 Å². The lowest BCUT2D eigenvalue weighted by atomic mass is 10.1. The van der Waals surface area contributed by atoms with Gasteiger partial charge in [0.05, 0.1) is 46.2 Å². The van der Waals surface area contributed by atoms with Crippen LogP contribution in [0.2, 0.25) is 0 Å². The van der Waals surface area contributed by atoms with Crippen molar-refractivity contribution >= 4 is 11.7 Å². The summed E-state index contributed by atoms with van der Waals surface area (Å²) in [5, 5.41) is 7.05. The normalized spacial score (nSPS) is 10.6.